The molecule has 0 saturated carbocycles. The Labute approximate surface area is 149 Å². The van der Waals surface area contributed by atoms with Crippen LogP contribution in [0.15, 0.2) is 15.9 Å². The second-order valence-electron chi connectivity index (χ2n) is 5.09. The van der Waals surface area contributed by atoms with E-state index in [1.807, 2.05) is 16.3 Å². The summed E-state index contributed by atoms with van der Waals surface area (Å²) in [6, 6.07) is 1.96. The second-order valence-corrected chi connectivity index (χ2v) is 6.86. The average molecular weight is 411 g/mol. The highest BCUT2D eigenvalue weighted by Crippen LogP contribution is 2.27. The monoisotopic (exact) mass is 409 g/mol. The van der Waals surface area contributed by atoms with Crippen molar-refractivity contribution in [3.8, 4) is 0 Å². The van der Waals surface area contributed by atoms with Crippen LogP contribution in [0.5, 0.6) is 0 Å². The highest BCUT2D eigenvalue weighted by Gasteiger charge is 2.29. The predicted molar refractivity (Wildman–Crippen MR) is 94.6 cm³/mol. The van der Waals surface area contributed by atoms with Crippen LogP contribution >= 0.6 is 39.7 Å². The highest BCUT2D eigenvalue weighted by molar-refractivity contribution is 9.10. The molecule has 1 aromatic heterocycles. The molecule has 124 valence electrons. The van der Waals surface area contributed by atoms with Gasteiger partial charge in [-0.1, -0.05) is 0 Å². The van der Waals surface area contributed by atoms with Crippen molar-refractivity contribution in [3.63, 3.8) is 0 Å². The molecule has 1 atom stereocenters. The molecule has 0 spiro atoms. The van der Waals surface area contributed by atoms with Gasteiger partial charge < -0.3 is 16.0 Å². The second kappa shape index (κ2) is 9.50. The molecule has 1 fully saturated rings. The van der Waals surface area contributed by atoms with E-state index in [0.717, 1.165) is 35.2 Å². The molecule has 1 aromatic rings. The van der Waals surface area contributed by atoms with Crippen LogP contribution in [0.3, 0.4) is 0 Å². The standard InChI is InChI=1S/C14H20BrN3O2S.ClH/c15-11-5-8-21-13(11)14(20)18-7-2-1-3-10(18)9-17-12(19)4-6-16;/h5,8,10H,1-4,6-7,9,16H2,(H,17,19);1H. The van der Waals surface area contributed by atoms with Gasteiger partial charge >= 0.3 is 0 Å². The Hall–Kier alpha value is -0.630. The smallest absolute Gasteiger partial charge is 0.265 e. The van der Waals surface area contributed by atoms with Gasteiger partial charge in [0.2, 0.25) is 5.91 Å². The number of nitrogens with zero attached hydrogens (tertiary/aromatic N) is 1. The third kappa shape index (κ3) is 4.94. The van der Waals surface area contributed by atoms with Crippen LogP contribution < -0.4 is 11.1 Å². The number of nitrogens with two attached hydrogens (primary N) is 1. The van der Waals surface area contributed by atoms with Crippen LogP contribution in [0.4, 0.5) is 0 Å². The van der Waals surface area contributed by atoms with Gasteiger partial charge in [0, 0.05) is 36.6 Å². The van der Waals surface area contributed by atoms with Crippen molar-refractivity contribution in [2.75, 3.05) is 19.6 Å². The van der Waals surface area contributed by atoms with Crippen LogP contribution in [0.25, 0.3) is 0 Å². The van der Waals surface area contributed by atoms with Gasteiger partial charge in [0.15, 0.2) is 0 Å². The molecule has 8 heteroatoms. The Kier molecular flexibility index (Phi) is 8.38. The van der Waals surface area contributed by atoms with Gasteiger partial charge in [-0.15, -0.1) is 23.7 Å². The SMILES string of the molecule is Cl.NCCC(=O)NCC1CCCCN1C(=O)c1sccc1Br. The van der Waals surface area contributed by atoms with Crippen molar-refractivity contribution in [1.82, 2.24) is 10.2 Å². The van der Waals surface area contributed by atoms with Gasteiger partial charge in [-0.05, 0) is 46.6 Å². The van der Waals surface area contributed by atoms with E-state index >= 15 is 0 Å². The molecule has 2 amide bonds. The minimum Gasteiger partial charge on any atom is -0.354 e. The van der Waals surface area contributed by atoms with E-state index in [-0.39, 0.29) is 30.3 Å². The number of thiophene rings is 1. The van der Waals surface area contributed by atoms with Gasteiger partial charge in [0.25, 0.3) is 5.91 Å². The van der Waals surface area contributed by atoms with E-state index in [2.05, 4.69) is 21.2 Å². The molecule has 1 aliphatic heterocycles. The zero-order valence-corrected chi connectivity index (χ0v) is 15.4. The fourth-order valence-corrected chi connectivity index (χ4v) is 4.00. The highest BCUT2D eigenvalue weighted by atomic mass is 79.9. The number of nitrogens with one attached hydrogen (secondary N) is 1. The molecule has 3 N–H and O–H groups in total. The maximum Gasteiger partial charge on any atom is 0.265 e. The van der Waals surface area contributed by atoms with E-state index in [1.54, 1.807) is 0 Å². The van der Waals surface area contributed by atoms with Gasteiger partial charge in [0.1, 0.15) is 4.88 Å². The van der Waals surface area contributed by atoms with Crippen molar-refractivity contribution in [1.29, 1.82) is 0 Å². The molecule has 0 aliphatic carbocycles. The fraction of sp³-hybridized carbons (Fsp3) is 0.571. The lowest BCUT2D eigenvalue weighted by molar-refractivity contribution is -0.121. The zero-order valence-electron chi connectivity index (χ0n) is 12.2. The number of carbonyl (C=O) groups excluding carboxylic acids is 2. The Morgan fingerprint density at radius 1 is 1.45 bits per heavy atom. The lowest BCUT2D eigenvalue weighted by atomic mass is 10.0. The number of rotatable bonds is 5. The molecule has 5 nitrogen and oxygen atoms in total. The molecule has 0 bridgehead atoms. The first kappa shape index (κ1) is 19.4. The average Bonchev–Trinajstić information content (AvgIpc) is 2.91. The molecular formula is C14H21BrClN3O2S. The maximum atomic E-state index is 12.6. The Bertz CT molecular complexity index is 512. The number of amides is 2. The summed E-state index contributed by atoms with van der Waals surface area (Å²) in [5.74, 6) is 0.00225. The summed E-state index contributed by atoms with van der Waals surface area (Å²) in [4.78, 5) is 26.8. The molecule has 1 saturated heterocycles. The van der Waals surface area contributed by atoms with Crippen molar-refractivity contribution >= 4 is 51.5 Å². The largest absolute Gasteiger partial charge is 0.354 e. The third-order valence-corrected chi connectivity index (χ3v) is 5.43. The van der Waals surface area contributed by atoms with Crippen molar-refractivity contribution < 1.29 is 9.59 Å². The fourth-order valence-electron chi connectivity index (χ4n) is 2.51. The molecular weight excluding hydrogens is 390 g/mol. The number of hydrogen-bond donors (Lipinski definition) is 2. The van der Waals surface area contributed by atoms with E-state index in [1.165, 1.54) is 11.3 Å². The Balaban J connectivity index is 0.00000242. The quantitative estimate of drug-likeness (QED) is 0.782. The summed E-state index contributed by atoms with van der Waals surface area (Å²) in [7, 11) is 0. The van der Waals surface area contributed by atoms with Crippen molar-refractivity contribution in [2.24, 2.45) is 5.73 Å². The molecule has 0 radical (unpaired) electrons. The lowest BCUT2D eigenvalue weighted by Gasteiger charge is -2.35. The van der Waals surface area contributed by atoms with E-state index in [9.17, 15) is 9.59 Å². The van der Waals surface area contributed by atoms with Crippen molar-refractivity contribution in [2.45, 2.75) is 31.7 Å². The minimum absolute atomic E-state index is 0. The predicted octanol–water partition coefficient (Wildman–Crippen LogP) is 2.39. The normalized spacial score (nSPS) is 17.7. The van der Waals surface area contributed by atoms with Crippen molar-refractivity contribution in [3.05, 3.63) is 20.8 Å². The first-order valence-electron chi connectivity index (χ1n) is 7.14. The molecule has 22 heavy (non-hydrogen) atoms. The number of halogens is 2. The van der Waals surface area contributed by atoms with E-state index in [0.29, 0.717) is 19.5 Å². The van der Waals surface area contributed by atoms with Gasteiger partial charge in [-0.25, -0.2) is 0 Å². The molecule has 2 heterocycles. The zero-order chi connectivity index (χ0) is 15.2. The van der Waals surface area contributed by atoms with E-state index < -0.39 is 0 Å². The summed E-state index contributed by atoms with van der Waals surface area (Å²) < 4.78 is 0.842. The summed E-state index contributed by atoms with van der Waals surface area (Å²) in [6.07, 6.45) is 3.36. The van der Waals surface area contributed by atoms with Crippen LogP contribution in [0.2, 0.25) is 0 Å². The summed E-state index contributed by atoms with van der Waals surface area (Å²) in [5.41, 5.74) is 5.37. The molecule has 0 aromatic carbocycles. The van der Waals surface area contributed by atoms with Gasteiger partial charge in [-0.2, -0.15) is 0 Å². The lowest BCUT2D eigenvalue weighted by Crippen LogP contribution is -2.49. The number of carbonyl (C=O) groups is 2. The van der Waals surface area contributed by atoms with Crippen LogP contribution in [-0.4, -0.2) is 42.4 Å². The molecule has 1 unspecified atom stereocenters. The topological polar surface area (TPSA) is 75.4 Å². The maximum absolute atomic E-state index is 12.6. The summed E-state index contributed by atoms with van der Waals surface area (Å²) in [6.45, 7) is 1.61. The van der Waals surface area contributed by atoms with E-state index in [4.69, 9.17) is 5.73 Å². The third-order valence-electron chi connectivity index (χ3n) is 3.61. The molecule has 2 rings (SSSR count). The first-order chi connectivity index (χ1) is 10.1. The Morgan fingerprint density at radius 3 is 2.86 bits per heavy atom. The van der Waals surface area contributed by atoms with Crippen LogP contribution in [-0.2, 0) is 4.79 Å². The number of piperidine rings is 1. The summed E-state index contributed by atoms with van der Waals surface area (Å²) >= 11 is 4.86. The number of hydrogen-bond acceptors (Lipinski definition) is 4. The Morgan fingerprint density at radius 2 is 2.23 bits per heavy atom. The van der Waals surface area contributed by atoms with Crippen LogP contribution in [0.1, 0.15) is 35.4 Å². The van der Waals surface area contributed by atoms with Crippen LogP contribution in [0, 0.1) is 0 Å². The summed E-state index contributed by atoms with van der Waals surface area (Å²) in [5, 5.41) is 4.78. The van der Waals surface area contributed by atoms with Gasteiger partial charge in [0.05, 0.1) is 0 Å². The molecule has 1 aliphatic rings. The van der Waals surface area contributed by atoms with Gasteiger partial charge in [-0.3, -0.25) is 9.59 Å². The number of likely N-dealkylation sites (tertiary alicyclic amines) is 1. The minimum atomic E-state index is -0.0484. The first-order valence-corrected chi connectivity index (χ1v) is 8.81.